The Kier molecular flexibility index (Phi) is 5.27. The van der Waals surface area contributed by atoms with Crippen LogP contribution in [0.3, 0.4) is 0 Å². The van der Waals surface area contributed by atoms with Crippen LogP contribution in [0.4, 0.5) is 22.0 Å². The van der Waals surface area contributed by atoms with E-state index < -0.39 is 47.5 Å². The Morgan fingerprint density at radius 2 is 1.67 bits per heavy atom. The van der Waals surface area contributed by atoms with Gasteiger partial charge in [-0.3, -0.25) is 4.79 Å². The van der Waals surface area contributed by atoms with Crippen LogP contribution in [0.25, 0.3) is 22.6 Å². The number of halogens is 5. The lowest BCUT2D eigenvalue weighted by Gasteiger charge is -2.37. The maximum atomic E-state index is 14.9. The molecule has 4 rings (SSSR count). The van der Waals surface area contributed by atoms with E-state index in [1.807, 2.05) is 0 Å². The van der Waals surface area contributed by atoms with Crippen molar-refractivity contribution in [1.82, 2.24) is 15.1 Å². The van der Waals surface area contributed by atoms with Gasteiger partial charge in [-0.2, -0.15) is 13.2 Å². The van der Waals surface area contributed by atoms with Gasteiger partial charge in [-0.05, 0) is 43.2 Å². The molecule has 0 spiro atoms. The van der Waals surface area contributed by atoms with Crippen LogP contribution < -0.4 is 0 Å². The normalized spacial score (nSPS) is 15.2. The molecule has 1 unspecified atom stereocenters. The molecule has 0 aliphatic carbocycles. The Balaban J connectivity index is 1.81. The lowest BCUT2D eigenvalue weighted by Crippen LogP contribution is -2.57. The first kappa shape index (κ1) is 22.8. The predicted octanol–water partition coefficient (Wildman–Crippen LogP) is 4.65. The van der Waals surface area contributed by atoms with Crippen LogP contribution in [0.5, 0.6) is 0 Å². The van der Waals surface area contributed by atoms with Gasteiger partial charge in [0.2, 0.25) is 11.8 Å². The number of carbonyl (C=O) groups is 1. The topological polar surface area (TPSA) is 79.5 Å². The molecule has 0 saturated heterocycles. The van der Waals surface area contributed by atoms with Gasteiger partial charge >= 0.3 is 6.18 Å². The van der Waals surface area contributed by atoms with Gasteiger partial charge in [0.05, 0.1) is 11.2 Å². The van der Waals surface area contributed by atoms with Crippen molar-refractivity contribution in [3.8, 4) is 22.6 Å². The van der Waals surface area contributed by atoms with E-state index in [-0.39, 0.29) is 22.6 Å². The Morgan fingerprint density at radius 1 is 1.06 bits per heavy atom. The third-order valence-electron chi connectivity index (χ3n) is 5.35. The van der Waals surface area contributed by atoms with Gasteiger partial charge in [-0.1, -0.05) is 12.1 Å². The number of nitrogens with zero attached hydrogens (tertiary/aromatic N) is 3. The molecule has 0 fully saturated rings. The average molecular weight is 467 g/mol. The summed E-state index contributed by atoms with van der Waals surface area (Å²) in [5.74, 6) is -3.32. The van der Waals surface area contributed by atoms with Crippen molar-refractivity contribution >= 4 is 5.91 Å². The zero-order valence-electron chi connectivity index (χ0n) is 17.7. The lowest BCUT2D eigenvalue weighted by atomic mass is 9.94. The molecular formula is C22H18F5N3O3. The molecule has 11 heteroatoms. The third-order valence-corrected chi connectivity index (χ3v) is 5.35. The van der Waals surface area contributed by atoms with Gasteiger partial charge in [0.25, 0.3) is 5.91 Å². The third kappa shape index (κ3) is 3.97. The molecule has 1 aliphatic rings. The van der Waals surface area contributed by atoms with Crippen molar-refractivity contribution in [3.63, 3.8) is 0 Å². The molecule has 2 aromatic carbocycles. The number of fused-ring (bicyclic) bond motifs is 1. The van der Waals surface area contributed by atoms with Gasteiger partial charge in [0.15, 0.2) is 17.7 Å². The highest BCUT2D eigenvalue weighted by Gasteiger charge is 2.55. The van der Waals surface area contributed by atoms with E-state index in [0.29, 0.717) is 22.4 Å². The molecule has 1 atom stereocenters. The van der Waals surface area contributed by atoms with Gasteiger partial charge in [-0.25, -0.2) is 8.78 Å². The lowest BCUT2D eigenvalue weighted by molar-refractivity contribution is -0.219. The SMILES string of the molecule is Cc1nnc(-c2ccc(-c3c(F)c(F)cc4c3C(=O)N(C(C(C)(C)O)C(F)(F)F)C4)cc2)o1. The summed E-state index contributed by atoms with van der Waals surface area (Å²) in [4.78, 5) is 13.5. The molecule has 174 valence electrons. The van der Waals surface area contributed by atoms with Gasteiger partial charge in [0, 0.05) is 24.6 Å². The molecule has 1 amide bonds. The fraction of sp³-hybridized carbons (Fsp3) is 0.318. The fourth-order valence-corrected chi connectivity index (χ4v) is 4.08. The molecule has 33 heavy (non-hydrogen) atoms. The second kappa shape index (κ2) is 7.62. The summed E-state index contributed by atoms with van der Waals surface area (Å²) in [6, 6.07) is 3.84. The maximum absolute atomic E-state index is 14.9. The molecule has 1 N–H and O–H groups in total. The summed E-state index contributed by atoms with van der Waals surface area (Å²) in [5, 5.41) is 17.7. The number of aliphatic hydroxyl groups is 1. The van der Waals surface area contributed by atoms with Crippen molar-refractivity contribution in [2.45, 2.75) is 45.1 Å². The van der Waals surface area contributed by atoms with E-state index in [0.717, 1.165) is 13.8 Å². The predicted molar refractivity (Wildman–Crippen MR) is 106 cm³/mol. The zero-order chi connectivity index (χ0) is 24.3. The molecule has 2 heterocycles. The second-order valence-electron chi connectivity index (χ2n) is 8.32. The van der Waals surface area contributed by atoms with Gasteiger partial charge in [0.1, 0.15) is 0 Å². The summed E-state index contributed by atoms with van der Waals surface area (Å²) >= 11 is 0. The van der Waals surface area contributed by atoms with E-state index in [4.69, 9.17) is 4.42 Å². The maximum Gasteiger partial charge on any atom is 0.411 e. The second-order valence-corrected chi connectivity index (χ2v) is 8.32. The average Bonchev–Trinajstić information content (AvgIpc) is 3.25. The number of alkyl halides is 3. The highest BCUT2D eigenvalue weighted by atomic mass is 19.4. The fourth-order valence-electron chi connectivity index (χ4n) is 4.08. The van der Waals surface area contributed by atoms with Crippen molar-refractivity contribution in [3.05, 3.63) is 59.0 Å². The minimum Gasteiger partial charge on any atom is -0.421 e. The Hall–Kier alpha value is -3.34. The quantitative estimate of drug-likeness (QED) is 0.566. The number of hydrogen-bond donors (Lipinski definition) is 1. The van der Waals surface area contributed by atoms with Crippen LogP contribution in [-0.2, 0) is 6.54 Å². The van der Waals surface area contributed by atoms with Gasteiger partial charge < -0.3 is 14.4 Å². The summed E-state index contributed by atoms with van der Waals surface area (Å²) in [6.07, 6.45) is -4.98. The molecular weight excluding hydrogens is 449 g/mol. The smallest absolute Gasteiger partial charge is 0.411 e. The zero-order valence-corrected chi connectivity index (χ0v) is 17.7. The summed E-state index contributed by atoms with van der Waals surface area (Å²) in [5.41, 5.74) is -2.75. The number of benzene rings is 2. The molecule has 3 aromatic rings. The van der Waals surface area contributed by atoms with Crippen molar-refractivity contribution in [1.29, 1.82) is 0 Å². The highest BCUT2D eigenvalue weighted by molar-refractivity contribution is 6.05. The van der Waals surface area contributed by atoms with Crippen LogP contribution in [0.1, 0.15) is 35.7 Å². The Morgan fingerprint density at radius 3 is 2.18 bits per heavy atom. The van der Waals surface area contributed by atoms with E-state index in [1.54, 1.807) is 6.92 Å². The van der Waals surface area contributed by atoms with E-state index in [1.165, 1.54) is 24.3 Å². The largest absolute Gasteiger partial charge is 0.421 e. The van der Waals surface area contributed by atoms with Crippen LogP contribution in [-0.4, -0.2) is 43.9 Å². The van der Waals surface area contributed by atoms with E-state index >= 15 is 0 Å². The number of aryl methyl sites for hydroxylation is 1. The van der Waals surface area contributed by atoms with Crippen LogP contribution in [0.2, 0.25) is 0 Å². The van der Waals surface area contributed by atoms with Crippen LogP contribution in [0, 0.1) is 18.6 Å². The van der Waals surface area contributed by atoms with Crippen molar-refractivity contribution in [2.24, 2.45) is 0 Å². The van der Waals surface area contributed by atoms with Crippen molar-refractivity contribution in [2.75, 3.05) is 0 Å². The Labute approximate surface area is 184 Å². The van der Waals surface area contributed by atoms with E-state index in [9.17, 15) is 31.9 Å². The monoisotopic (exact) mass is 467 g/mol. The summed E-state index contributed by atoms with van der Waals surface area (Å²) < 4.78 is 75.8. The molecule has 6 nitrogen and oxygen atoms in total. The summed E-state index contributed by atoms with van der Waals surface area (Å²) in [6.45, 7) is 2.80. The molecule has 0 saturated carbocycles. The van der Waals surface area contributed by atoms with Crippen LogP contribution in [0.15, 0.2) is 34.7 Å². The standard InChI is InChI=1S/C22H18F5N3O3/c1-10-28-29-18(33-10)12-6-4-11(5-7-12)15-16-13(8-14(23)17(15)24)9-30(19(16)31)20(21(2,3)32)22(25,26)27/h4-8,20,32H,9H2,1-3H3. The minimum atomic E-state index is -4.98. The Bertz CT molecular complexity index is 1220. The minimum absolute atomic E-state index is 0.0743. The highest BCUT2D eigenvalue weighted by Crippen LogP contribution is 2.42. The number of carbonyl (C=O) groups excluding carboxylic acids is 1. The van der Waals surface area contributed by atoms with Crippen molar-refractivity contribution < 1.29 is 36.3 Å². The van der Waals surface area contributed by atoms with E-state index in [2.05, 4.69) is 10.2 Å². The number of hydrogen-bond acceptors (Lipinski definition) is 5. The molecule has 0 radical (unpaired) electrons. The number of amides is 1. The first-order chi connectivity index (χ1) is 15.3. The first-order valence-electron chi connectivity index (χ1n) is 9.81. The molecule has 1 aromatic heterocycles. The summed E-state index contributed by atoms with van der Waals surface area (Å²) in [7, 11) is 0. The molecule has 1 aliphatic heterocycles. The van der Waals surface area contributed by atoms with Crippen LogP contribution >= 0.6 is 0 Å². The number of aromatic nitrogens is 2. The van der Waals surface area contributed by atoms with Gasteiger partial charge in [-0.15, -0.1) is 10.2 Å². The number of rotatable bonds is 4. The first-order valence-corrected chi connectivity index (χ1v) is 9.81. The molecule has 0 bridgehead atoms.